The fourth-order valence-electron chi connectivity index (χ4n) is 2.31. The van der Waals surface area contributed by atoms with Crippen LogP contribution in [-0.4, -0.2) is 45.0 Å². The molecule has 2 heterocycles. The molecule has 2 saturated heterocycles. The second kappa shape index (κ2) is 4.73. The second-order valence-electron chi connectivity index (χ2n) is 4.46. The van der Waals surface area contributed by atoms with Gasteiger partial charge in [-0.25, -0.2) is 4.79 Å². The first-order valence-corrected chi connectivity index (χ1v) is 6.65. The van der Waals surface area contributed by atoms with E-state index >= 15 is 0 Å². The number of carbonyl (C=O) groups excluding carboxylic acids is 1. The molecule has 3 unspecified atom stereocenters. The third-order valence-electron chi connectivity index (χ3n) is 3.18. The number of carboxylic acids is 1. The summed E-state index contributed by atoms with van der Waals surface area (Å²) in [4.78, 5) is 20.6. The number of aliphatic carboxylic acids is 1. The molecule has 0 radical (unpaired) electrons. The normalized spacial score (nSPS) is 35.2. The summed E-state index contributed by atoms with van der Waals surface area (Å²) in [5, 5.41) is 24.4. The van der Waals surface area contributed by atoms with Gasteiger partial charge in [-0.2, -0.15) is 0 Å². The first-order valence-electron chi connectivity index (χ1n) is 5.66. The Balaban J connectivity index is 1.83. The highest BCUT2D eigenvalue weighted by Gasteiger charge is 2.52. The molecule has 2 rings (SSSR count). The Bertz CT molecular complexity index is 338. The number of hydrogen-bond donors (Lipinski definition) is 4. The fraction of sp³-hybridized carbons (Fsp3) is 0.800. The molecule has 2 aliphatic heterocycles. The molecule has 17 heavy (non-hydrogen) atoms. The zero-order valence-electron chi connectivity index (χ0n) is 9.31. The van der Waals surface area contributed by atoms with E-state index in [2.05, 4.69) is 10.6 Å². The summed E-state index contributed by atoms with van der Waals surface area (Å²) < 4.78 is 0. The van der Waals surface area contributed by atoms with Gasteiger partial charge in [-0.1, -0.05) is 0 Å². The molecule has 0 bridgehead atoms. The highest BCUT2D eigenvalue weighted by molar-refractivity contribution is 8.00. The molecule has 7 heteroatoms. The van der Waals surface area contributed by atoms with Crippen LogP contribution in [0.4, 0.5) is 4.79 Å². The molecule has 0 aromatic rings. The van der Waals surface area contributed by atoms with Gasteiger partial charge in [-0.15, -0.1) is 11.8 Å². The Morgan fingerprint density at radius 1 is 1.47 bits per heavy atom. The zero-order chi connectivity index (χ0) is 12.5. The van der Waals surface area contributed by atoms with Crippen molar-refractivity contribution < 1.29 is 19.8 Å². The van der Waals surface area contributed by atoms with E-state index in [1.807, 2.05) is 0 Å². The highest BCUT2D eigenvalue weighted by atomic mass is 32.2. The van der Waals surface area contributed by atoms with Crippen LogP contribution in [0.3, 0.4) is 0 Å². The molecule has 3 atom stereocenters. The number of rotatable bonds is 5. The van der Waals surface area contributed by atoms with Gasteiger partial charge in [0.2, 0.25) is 0 Å². The van der Waals surface area contributed by atoms with E-state index in [1.165, 1.54) is 11.8 Å². The zero-order valence-corrected chi connectivity index (χ0v) is 10.1. The van der Waals surface area contributed by atoms with E-state index in [4.69, 9.17) is 5.11 Å². The van der Waals surface area contributed by atoms with Crippen LogP contribution in [-0.2, 0) is 4.79 Å². The summed E-state index contributed by atoms with van der Waals surface area (Å²) in [5.74, 6) is -0.122. The van der Waals surface area contributed by atoms with Gasteiger partial charge in [0, 0.05) is 12.2 Å². The summed E-state index contributed by atoms with van der Waals surface area (Å²) in [6.07, 6.45) is 1.83. The van der Waals surface area contributed by atoms with Crippen molar-refractivity contribution in [3.63, 3.8) is 0 Å². The number of nitrogens with one attached hydrogen (secondary N) is 2. The minimum atomic E-state index is -0.956. The predicted molar refractivity (Wildman–Crippen MR) is 62.8 cm³/mol. The van der Waals surface area contributed by atoms with Crippen molar-refractivity contribution in [3.8, 4) is 0 Å². The van der Waals surface area contributed by atoms with Crippen LogP contribution in [0.25, 0.3) is 0 Å². The number of fused-ring (bicyclic) bond motifs is 1. The molecular weight excluding hydrogens is 244 g/mol. The van der Waals surface area contributed by atoms with Crippen molar-refractivity contribution in [2.75, 3.05) is 5.75 Å². The van der Waals surface area contributed by atoms with Crippen LogP contribution >= 0.6 is 11.8 Å². The quantitative estimate of drug-likeness (QED) is 0.415. The number of carbonyl (C=O) groups is 2. The van der Waals surface area contributed by atoms with Crippen LogP contribution in [0.15, 0.2) is 0 Å². The maximum atomic E-state index is 11.1. The van der Waals surface area contributed by atoms with Gasteiger partial charge in [0.05, 0.1) is 12.1 Å². The van der Waals surface area contributed by atoms with E-state index < -0.39 is 10.9 Å². The molecule has 0 saturated carbocycles. The molecule has 6 nitrogen and oxygen atoms in total. The molecule has 0 aromatic heterocycles. The lowest BCUT2D eigenvalue weighted by atomic mass is 9.99. The van der Waals surface area contributed by atoms with E-state index in [0.717, 1.165) is 0 Å². The number of thioether (sulfide) groups is 1. The lowest BCUT2D eigenvalue weighted by molar-refractivity contribution is -0.137. The number of amides is 2. The molecular formula is C10H16N2O4S. The smallest absolute Gasteiger partial charge is 0.315 e. The topological polar surface area (TPSA) is 98.7 Å². The number of carboxylic acid groups (broad SMARTS) is 1. The average molecular weight is 260 g/mol. The molecule has 96 valence electrons. The first kappa shape index (κ1) is 12.5. The summed E-state index contributed by atoms with van der Waals surface area (Å²) in [6, 6.07) is -0.508. The average Bonchev–Trinajstić information content (AvgIpc) is 2.75. The first-order chi connectivity index (χ1) is 8.01. The third kappa shape index (κ3) is 2.66. The lowest BCUT2D eigenvalue weighted by Crippen LogP contribution is -2.46. The molecule has 4 N–H and O–H groups in total. The number of aliphatic hydroxyl groups is 1. The van der Waals surface area contributed by atoms with Crippen molar-refractivity contribution in [1.82, 2.24) is 10.6 Å². The second-order valence-corrected chi connectivity index (χ2v) is 5.79. The third-order valence-corrected chi connectivity index (χ3v) is 4.66. The van der Waals surface area contributed by atoms with Gasteiger partial charge in [0.15, 0.2) is 0 Å². The minimum absolute atomic E-state index is 0.0167. The van der Waals surface area contributed by atoms with E-state index in [-0.39, 0.29) is 24.5 Å². The summed E-state index contributed by atoms with van der Waals surface area (Å²) >= 11 is 1.43. The van der Waals surface area contributed by atoms with E-state index in [1.54, 1.807) is 0 Å². The van der Waals surface area contributed by atoms with E-state index in [0.29, 0.717) is 25.0 Å². The summed E-state index contributed by atoms with van der Waals surface area (Å²) in [5.41, 5.74) is 0. The molecule has 0 aliphatic carbocycles. The van der Waals surface area contributed by atoms with Gasteiger partial charge in [-0.3, -0.25) is 4.79 Å². The molecule has 0 spiro atoms. The van der Waals surface area contributed by atoms with Crippen LogP contribution < -0.4 is 10.6 Å². The number of hydrogen-bond acceptors (Lipinski definition) is 4. The molecule has 2 amide bonds. The van der Waals surface area contributed by atoms with Gasteiger partial charge >= 0.3 is 12.0 Å². The van der Waals surface area contributed by atoms with Gasteiger partial charge < -0.3 is 20.8 Å². The van der Waals surface area contributed by atoms with Crippen molar-refractivity contribution >= 4 is 23.8 Å². The van der Waals surface area contributed by atoms with Crippen LogP contribution in [0.5, 0.6) is 0 Å². The number of urea groups is 1. The molecule has 2 aliphatic rings. The van der Waals surface area contributed by atoms with Crippen molar-refractivity contribution in [2.45, 2.75) is 42.7 Å². The minimum Gasteiger partial charge on any atom is -0.481 e. The van der Waals surface area contributed by atoms with Gasteiger partial charge in [0.25, 0.3) is 0 Å². The summed E-state index contributed by atoms with van der Waals surface area (Å²) in [6.45, 7) is 0. The van der Waals surface area contributed by atoms with Crippen LogP contribution in [0.2, 0.25) is 0 Å². The molecule has 0 aromatic carbocycles. The SMILES string of the molecule is O=C(O)CCCCC1(O)SCC2NC(=O)NC21. The van der Waals surface area contributed by atoms with Crippen molar-refractivity contribution in [2.24, 2.45) is 0 Å². The maximum Gasteiger partial charge on any atom is 0.315 e. The van der Waals surface area contributed by atoms with Crippen molar-refractivity contribution in [1.29, 1.82) is 0 Å². The lowest BCUT2D eigenvalue weighted by Gasteiger charge is -2.27. The Morgan fingerprint density at radius 3 is 2.94 bits per heavy atom. The fourth-order valence-corrected chi connectivity index (χ4v) is 3.74. The predicted octanol–water partition coefficient (Wildman–Crippen LogP) is 0.117. The van der Waals surface area contributed by atoms with Crippen LogP contribution in [0, 0.1) is 0 Å². The van der Waals surface area contributed by atoms with Crippen LogP contribution in [0.1, 0.15) is 25.7 Å². The Hall–Kier alpha value is -0.950. The molecule has 2 fully saturated rings. The Kier molecular flexibility index (Phi) is 3.48. The van der Waals surface area contributed by atoms with Crippen molar-refractivity contribution in [3.05, 3.63) is 0 Å². The van der Waals surface area contributed by atoms with E-state index in [9.17, 15) is 14.7 Å². The largest absolute Gasteiger partial charge is 0.481 e. The highest BCUT2D eigenvalue weighted by Crippen LogP contribution is 2.41. The monoisotopic (exact) mass is 260 g/mol. The Labute approximate surface area is 103 Å². The van der Waals surface area contributed by atoms with Gasteiger partial charge in [0.1, 0.15) is 4.93 Å². The number of unbranched alkanes of at least 4 members (excludes halogenated alkanes) is 1. The maximum absolute atomic E-state index is 11.1. The van der Waals surface area contributed by atoms with Gasteiger partial charge in [-0.05, 0) is 19.3 Å². The Morgan fingerprint density at radius 2 is 2.24 bits per heavy atom. The standard InChI is InChI=1S/C10H16N2O4S/c13-7(14)3-1-2-4-10(16)8-6(5-17-10)11-9(15)12-8/h6,8,16H,1-5H2,(H,13,14)(H2,11,12,15). The summed E-state index contributed by atoms with van der Waals surface area (Å²) in [7, 11) is 0.